The molecule has 0 spiro atoms. The van der Waals surface area contributed by atoms with Crippen LogP contribution >= 0.6 is 0 Å². The van der Waals surface area contributed by atoms with Crippen molar-refractivity contribution in [3.05, 3.63) is 36.8 Å². The van der Waals surface area contributed by atoms with Gasteiger partial charge in [-0.3, -0.25) is 0 Å². The molecular formula is C20H23N7O. The van der Waals surface area contributed by atoms with Gasteiger partial charge < -0.3 is 19.9 Å². The third-order valence-electron chi connectivity index (χ3n) is 5.45. The summed E-state index contributed by atoms with van der Waals surface area (Å²) >= 11 is 0. The van der Waals surface area contributed by atoms with Crippen molar-refractivity contribution in [1.29, 1.82) is 0 Å². The number of methoxy groups -OCH3 is 1. The van der Waals surface area contributed by atoms with Crippen LogP contribution in [0.1, 0.15) is 12.8 Å². The first-order valence-electron chi connectivity index (χ1n) is 9.53. The molecule has 1 saturated heterocycles. The van der Waals surface area contributed by atoms with E-state index in [-0.39, 0.29) is 0 Å². The largest absolute Gasteiger partial charge is 0.480 e. The van der Waals surface area contributed by atoms with Crippen LogP contribution in [0.2, 0.25) is 0 Å². The number of nitrogens with one attached hydrogen (secondary N) is 2. The van der Waals surface area contributed by atoms with E-state index in [4.69, 9.17) is 9.72 Å². The second kappa shape index (κ2) is 6.79. The number of nitrogens with zero attached hydrogens (tertiary/aromatic N) is 5. The number of H-pyrrole nitrogens is 1. The van der Waals surface area contributed by atoms with Crippen LogP contribution in [0.5, 0.6) is 5.88 Å². The Hall–Kier alpha value is -3.13. The van der Waals surface area contributed by atoms with Crippen LogP contribution in [-0.4, -0.2) is 62.8 Å². The predicted octanol–water partition coefficient (Wildman–Crippen LogP) is 2.79. The minimum atomic E-state index is 0.386. The molecule has 2 N–H and O–H groups in total. The van der Waals surface area contributed by atoms with Crippen LogP contribution in [0.25, 0.3) is 27.7 Å². The number of aromatic amines is 1. The van der Waals surface area contributed by atoms with Gasteiger partial charge in [0.25, 0.3) is 0 Å². The van der Waals surface area contributed by atoms with E-state index in [1.165, 1.54) is 0 Å². The highest BCUT2D eigenvalue weighted by Crippen LogP contribution is 2.34. The van der Waals surface area contributed by atoms with Gasteiger partial charge >= 0.3 is 0 Å². The summed E-state index contributed by atoms with van der Waals surface area (Å²) in [6, 6.07) is 6.50. The fourth-order valence-electron chi connectivity index (χ4n) is 3.86. The first kappa shape index (κ1) is 17.0. The molecule has 1 aliphatic heterocycles. The quantitative estimate of drug-likeness (QED) is 0.569. The van der Waals surface area contributed by atoms with Crippen molar-refractivity contribution < 1.29 is 4.74 Å². The number of rotatable bonds is 4. The van der Waals surface area contributed by atoms with E-state index in [9.17, 15) is 0 Å². The van der Waals surface area contributed by atoms with Gasteiger partial charge in [-0.15, -0.1) is 0 Å². The first-order valence-corrected chi connectivity index (χ1v) is 9.53. The smallest absolute Gasteiger partial charge is 0.228 e. The lowest BCUT2D eigenvalue weighted by molar-refractivity contribution is 0.263. The van der Waals surface area contributed by atoms with Gasteiger partial charge in [0.2, 0.25) is 11.8 Å². The Morgan fingerprint density at radius 3 is 2.89 bits per heavy atom. The highest BCUT2D eigenvalue weighted by molar-refractivity contribution is 5.98. The number of piperidine rings is 1. The van der Waals surface area contributed by atoms with Crippen molar-refractivity contribution in [2.45, 2.75) is 18.9 Å². The molecule has 8 nitrogen and oxygen atoms in total. The van der Waals surface area contributed by atoms with Gasteiger partial charge in [0.15, 0.2) is 0 Å². The number of likely N-dealkylation sites (tertiary alicyclic amines) is 1. The van der Waals surface area contributed by atoms with Crippen molar-refractivity contribution in [1.82, 2.24) is 29.5 Å². The fraction of sp³-hybridized carbons (Fsp3) is 0.350. The Bertz CT molecular complexity index is 1120. The van der Waals surface area contributed by atoms with E-state index in [0.29, 0.717) is 17.9 Å². The fourth-order valence-corrected chi connectivity index (χ4v) is 3.86. The summed E-state index contributed by atoms with van der Waals surface area (Å²) in [5.41, 5.74) is 3.89. The summed E-state index contributed by atoms with van der Waals surface area (Å²) in [4.78, 5) is 15.0. The van der Waals surface area contributed by atoms with Crippen LogP contribution in [-0.2, 0) is 0 Å². The van der Waals surface area contributed by atoms with E-state index in [2.05, 4.69) is 38.4 Å². The molecule has 1 aliphatic rings. The second-order valence-electron chi connectivity index (χ2n) is 7.32. The van der Waals surface area contributed by atoms with Gasteiger partial charge in [-0.25, -0.2) is 4.52 Å². The maximum absolute atomic E-state index is 5.63. The molecule has 0 aromatic carbocycles. The van der Waals surface area contributed by atoms with Crippen molar-refractivity contribution in [2.75, 3.05) is 32.6 Å². The van der Waals surface area contributed by atoms with E-state index in [1.807, 2.05) is 29.0 Å². The van der Waals surface area contributed by atoms with Gasteiger partial charge in [-0.1, -0.05) is 0 Å². The molecule has 8 heteroatoms. The molecule has 144 valence electrons. The lowest BCUT2D eigenvalue weighted by Crippen LogP contribution is -2.37. The zero-order valence-electron chi connectivity index (χ0n) is 16.0. The maximum Gasteiger partial charge on any atom is 0.228 e. The summed E-state index contributed by atoms with van der Waals surface area (Å²) < 4.78 is 7.47. The zero-order chi connectivity index (χ0) is 19.1. The number of fused-ring (bicyclic) bond motifs is 2. The number of anilines is 1. The summed E-state index contributed by atoms with van der Waals surface area (Å²) in [7, 11) is 3.81. The number of hydrogen-bond donors (Lipinski definition) is 2. The zero-order valence-corrected chi connectivity index (χ0v) is 16.0. The third kappa shape index (κ3) is 2.95. The molecule has 0 bridgehead atoms. The summed E-state index contributed by atoms with van der Waals surface area (Å²) in [6.07, 6.45) is 7.87. The average molecular weight is 377 g/mol. The van der Waals surface area contributed by atoms with Crippen LogP contribution in [0.4, 0.5) is 5.95 Å². The van der Waals surface area contributed by atoms with Crippen molar-refractivity contribution >= 4 is 22.5 Å². The standard InChI is InChI=1S/C20H23N7O/c1-26-8-5-14(6-9-26)23-20-24-18-17(19(25-20)28-2)16(12-21-18)13-4-10-27-15(11-13)3-7-22-27/h3-4,7,10-12,14H,5-6,8-9H2,1-2H3,(H2,21,23,24,25). The molecule has 0 amide bonds. The Balaban J connectivity index is 1.52. The second-order valence-corrected chi connectivity index (χ2v) is 7.32. The SMILES string of the molecule is COc1nc(NC2CCN(C)CC2)nc2[nH]cc(-c3ccn4nccc4c3)c12. The van der Waals surface area contributed by atoms with Crippen molar-refractivity contribution in [2.24, 2.45) is 0 Å². The Morgan fingerprint density at radius 1 is 1.21 bits per heavy atom. The van der Waals surface area contributed by atoms with Gasteiger partial charge in [0.05, 0.1) is 18.0 Å². The minimum absolute atomic E-state index is 0.386. The molecule has 5 rings (SSSR count). The molecule has 0 atom stereocenters. The third-order valence-corrected chi connectivity index (χ3v) is 5.45. The maximum atomic E-state index is 5.63. The monoisotopic (exact) mass is 377 g/mol. The minimum Gasteiger partial charge on any atom is -0.480 e. The van der Waals surface area contributed by atoms with Crippen molar-refractivity contribution in [3.8, 4) is 17.0 Å². The summed E-state index contributed by atoms with van der Waals surface area (Å²) in [5, 5.41) is 8.62. The van der Waals surface area contributed by atoms with Gasteiger partial charge in [0.1, 0.15) is 5.65 Å². The van der Waals surface area contributed by atoms with E-state index < -0.39 is 0 Å². The lowest BCUT2D eigenvalue weighted by Gasteiger charge is -2.29. The summed E-state index contributed by atoms with van der Waals surface area (Å²) in [5.74, 6) is 1.18. The van der Waals surface area contributed by atoms with Gasteiger partial charge in [-0.05, 0) is 56.7 Å². The molecule has 5 heterocycles. The molecule has 4 aromatic rings. The topological polar surface area (TPSA) is 83.4 Å². The highest BCUT2D eigenvalue weighted by atomic mass is 16.5. The highest BCUT2D eigenvalue weighted by Gasteiger charge is 2.20. The molecular weight excluding hydrogens is 354 g/mol. The normalized spacial score (nSPS) is 16.1. The van der Waals surface area contributed by atoms with E-state index in [0.717, 1.165) is 53.6 Å². The van der Waals surface area contributed by atoms with Crippen LogP contribution in [0, 0.1) is 0 Å². The van der Waals surface area contributed by atoms with Gasteiger partial charge in [-0.2, -0.15) is 15.1 Å². The molecule has 1 fully saturated rings. The number of ether oxygens (including phenoxy) is 1. The average Bonchev–Trinajstić information content (AvgIpc) is 3.35. The Kier molecular flexibility index (Phi) is 4.12. The van der Waals surface area contributed by atoms with Crippen LogP contribution in [0.15, 0.2) is 36.8 Å². The number of hydrogen-bond acceptors (Lipinski definition) is 6. The lowest BCUT2D eigenvalue weighted by atomic mass is 10.1. The van der Waals surface area contributed by atoms with Crippen LogP contribution in [0.3, 0.4) is 0 Å². The number of aromatic nitrogens is 5. The molecule has 4 aromatic heterocycles. The van der Waals surface area contributed by atoms with Crippen LogP contribution < -0.4 is 10.1 Å². The van der Waals surface area contributed by atoms with E-state index >= 15 is 0 Å². The Morgan fingerprint density at radius 2 is 2.07 bits per heavy atom. The molecule has 0 aliphatic carbocycles. The predicted molar refractivity (Wildman–Crippen MR) is 109 cm³/mol. The molecule has 0 saturated carbocycles. The molecule has 0 unspecified atom stereocenters. The van der Waals surface area contributed by atoms with Gasteiger partial charge in [0, 0.05) is 30.2 Å². The Labute approximate surface area is 162 Å². The van der Waals surface area contributed by atoms with E-state index in [1.54, 1.807) is 13.3 Å². The summed E-state index contributed by atoms with van der Waals surface area (Å²) in [6.45, 7) is 2.17. The number of pyridine rings is 1. The molecule has 0 radical (unpaired) electrons. The first-order chi connectivity index (χ1) is 13.7. The molecule has 28 heavy (non-hydrogen) atoms. The van der Waals surface area contributed by atoms with Crippen molar-refractivity contribution in [3.63, 3.8) is 0 Å².